The van der Waals surface area contributed by atoms with E-state index in [4.69, 9.17) is 32.9 Å². The van der Waals surface area contributed by atoms with Gasteiger partial charge < -0.3 is 14.2 Å². The molecule has 1 aromatic heterocycles. The molecule has 2 unspecified atom stereocenters. The molecule has 1 aromatic carbocycles. The summed E-state index contributed by atoms with van der Waals surface area (Å²) in [4.78, 5) is 18.9. The fraction of sp³-hybridized carbons (Fsp3) is 0.742. The first-order valence-electron chi connectivity index (χ1n) is 15.0. The minimum absolute atomic E-state index is 0.104. The van der Waals surface area contributed by atoms with Gasteiger partial charge in [-0.05, 0) is 44.9 Å². The number of benzene rings is 1. The fourth-order valence-corrected chi connectivity index (χ4v) is 5.71. The molecule has 2 rings (SSSR count). The van der Waals surface area contributed by atoms with Crippen molar-refractivity contribution in [2.45, 2.75) is 135 Å². The number of aryl methyl sites for hydroxylation is 2. The third kappa shape index (κ3) is 11.7. The van der Waals surface area contributed by atoms with Crippen LogP contribution in [0.15, 0.2) is 18.2 Å². The Balaban J connectivity index is 1.57. The number of esters is 1. The summed E-state index contributed by atoms with van der Waals surface area (Å²) in [5.74, 6) is 0.860. The summed E-state index contributed by atoms with van der Waals surface area (Å²) >= 11 is 12.7. The lowest BCUT2D eigenvalue weighted by Gasteiger charge is -2.29. The van der Waals surface area contributed by atoms with Crippen molar-refractivity contribution in [3.8, 4) is 0 Å². The van der Waals surface area contributed by atoms with Gasteiger partial charge in [0.25, 0.3) is 0 Å². The van der Waals surface area contributed by atoms with Crippen LogP contribution in [0.3, 0.4) is 0 Å². The van der Waals surface area contributed by atoms with Gasteiger partial charge in [0.05, 0.1) is 17.6 Å². The maximum atomic E-state index is 12.2. The number of anilines is 1. The highest BCUT2D eigenvalue weighted by Crippen LogP contribution is 2.28. The van der Waals surface area contributed by atoms with E-state index in [9.17, 15) is 4.79 Å². The Hall–Kier alpha value is -1.46. The van der Waals surface area contributed by atoms with Crippen LogP contribution >= 0.6 is 23.2 Å². The van der Waals surface area contributed by atoms with E-state index in [2.05, 4.69) is 17.6 Å². The molecular weight excluding hydrogens is 517 g/mol. The molecule has 216 valence electrons. The zero-order valence-corrected chi connectivity index (χ0v) is 25.8. The lowest BCUT2D eigenvalue weighted by Crippen LogP contribution is -2.34. The van der Waals surface area contributed by atoms with Crippen LogP contribution in [0.25, 0.3) is 11.0 Å². The molecule has 0 saturated heterocycles. The quantitative estimate of drug-likeness (QED) is 0.0651. The van der Waals surface area contributed by atoms with Crippen LogP contribution in [0.4, 0.5) is 5.69 Å². The molecule has 2 aromatic rings. The highest BCUT2D eigenvalue weighted by Gasteiger charge is 2.19. The molecule has 2 atom stereocenters. The number of halogens is 2. The van der Waals surface area contributed by atoms with Crippen molar-refractivity contribution in [2.75, 3.05) is 11.5 Å². The average molecular weight is 569 g/mol. The van der Waals surface area contributed by atoms with Gasteiger partial charge in [-0.1, -0.05) is 107 Å². The van der Waals surface area contributed by atoms with E-state index in [0.29, 0.717) is 13.0 Å². The van der Waals surface area contributed by atoms with Gasteiger partial charge in [0.2, 0.25) is 0 Å². The molecule has 0 amide bonds. The summed E-state index contributed by atoms with van der Waals surface area (Å²) in [6.07, 6.45) is 19.0. The summed E-state index contributed by atoms with van der Waals surface area (Å²) in [6, 6.07) is 6.11. The van der Waals surface area contributed by atoms with E-state index in [0.717, 1.165) is 48.2 Å². The Morgan fingerprint density at radius 2 is 1.45 bits per heavy atom. The summed E-state index contributed by atoms with van der Waals surface area (Å²) < 4.78 is 7.55. The standard InChI is InChI=1S/C31H51Cl2N3O2/c1-5-6-7-8-9-10-11-12-13-14-15-16-17-23-38-31(37)20-18-19-30-34-28-24-27(21-22-29(28)35(30)4)36(25(2)32)26(3)33/h21-22,24-26H,5-20,23H2,1-4H3. The number of imidazole rings is 1. The van der Waals surface area contributed by atoms with E-state index in [1.165, 1.54) is 70.6 Å². The Bertz CT molecular complexity index is 921. The lowest BCUT2D eigenvalue weighted by atomic mass is 10.0. The summed E-state index contributed by atoms with van der Waals surface area (Å²) in [6.45, 7) is 6.63. The van der Waals surface area contributed by atoms with E-state index in [-0.39, 0.29) is 17.0 Å². The molecule has 5 nitrogen and oxygen atoms in total. The molecule has 0 aliphatic carbocycles. The third-order valence-corrected chi connectivity index (χ3v) is 7.73. The normalized spacial score (nSPS) is 13.1. The van der Waals surface area contributed by atoms with Crippen molar-refractivity contribution in [3.05, 3.63) is 24.0 Å². The zero-order valence-electron chi connectivity index (χ0n) is 24.3. The number of fused-ring (bicyclic) bond motifs is 1. The van der Waals surface area contributed by atoms with Crippen LogP contribution in [-0.2, 0) is 23.0 Å². The first-order valence-corrected chi connectivity index (χ1v) is 15.9. The van der Waals surface area contributed by atoms with Crippen molar-refractivity contribution in [3.63, 3.8) is 0 Å². The van der Waals surface area contributed by atoms with Crippen molar-refractivity contribution >= 4 is 45.9 Å². The van der Waals surface area contributed by atoms with Crippen LogP contribution in [-0.4, -0.2) is 33.1 Å². The van der Waals surface area contributed by atoms with E-state index >= 15 is 0 Å². The average Bonchev–Trinajstić information content (AvgIpc) is 3.18. The van der Waals surface area contributed by atoms with Gasteiger partial charge in [-0.25, -0.2) is 4.98 Å². The summed E-state index contributed by atoms with van der Waals surface area (Å²) in [5, 5.41) is 0. The van der Waals surface area contributed by atoms with Crippen molar-refractivity contribution in [1.29, 1.82) is 0 Å². The van der Waals surface area contributed by atoms with Gasteiger partial charge in [-0.2, -0.15) is 0 Å². The Morgan fingerprint density at radius 3 is 2.00 bits per heavy atom. The number of unbranched alkanes of at least 4 members (excludes halogenated alkanes) is 12. The number of nitrogens with zero attached hydrogens (tertiary/aromatic N) is 3. The smallest absolute Gasteiger partial charge is 0.305 e. The first kappa shape index (κ1) is 32.8. The molecule has 0 fully saturated rings. The summed E-state index contributed by atoms with van der Waals surface area (Å²) in [5.41, 5.74) is 2.45. The molecule has 0 N–H and O–H groups in total. The maximum absolute atomic E-state index is 12.2. The molecule has 0 aliphatic rings. The van der Waals surface area contributed by atoms with Crippen LogP contribution in [0.2, 0.25) is 0 Å². The highest BCUT2D eigenvalue weighted by molar-refractivity contribution is 6.25. The van der Waals surface area contributed by atoms with Gasteiger partial charge in [-0.15, -0.1) is 0 Å². The topological polar surface area (TPSA) is 47.4 Å². The Kier molecular flexibility index (Phi) is 16.2. The maximum Gasteiger partial charge on any atom is 0.305 e. The monoisotopic (exact) mass is 567 g/mol. The molecule has 0 aliphatic heterocycles. The number of carbonyl (C=O) groups is 1. The van der Waals surface area contributed by atoms with Crippen LogP contribution < -0.4 is 4.90 Å². The predicted octanol–water partition coefficient (Wildman–Crippen LogP) is 9.51. The minimum atomic E-state index is -0.228. The van der Waals surface area contributed by atoms with Gasteiger partial charge in [0, 0.05) is 25.6 Å². The number of alkyl halides is 2. The minimum Gasteiger partial charge on any atom is -0.466 e. The molecule has 1 heterocycles. The highest BCUT2D eigenvalue weighted by atomic mass is 35.5. The first-order chi connectivity index (χ1) is 18.3. The van der Waals surface area contributed by atoms with Gasteiger partial charge in [-0.3, -0.25) is 4.79 Å². The SMILES string of the molecule is CCCCCCCCCCCCCCCOC(=O)CCCc1nc2cc(N(C(C)Cl)C(C)Cl)ccc2n1C. The van der Waals surface area contributed by atoms with Crippen molar-refractivity contribution < 1.29 is 9.53 Å². The van der Waals surface area contributed by atoms with Crippen LogP contribution in [0.5, 0.6) is 0 Å². The number of hydrogen-bond donors (Lipinski definition) is 0. The van der Waals surface area contributed by atoms with Gasteiger partial charge in [0.1, 0.15) is 16.8 Å². The lowest BCUT2D eigenvalue weighted by molar-refractivity contribution is -0.143. The predicted molar refractivity (Wildman–Crippen MR) is 163 cm³/mol. The zero-order chi connectivity index (χ0) is 27.8. The summed E-state index contributed by atoms with van der Waals surface area (Å²) in [7, 11) is 2.02. The third-order valence-electron chi connectivity index (χ3n) is 7.31. The number of rotatable bonds is 21. The van der Waals surface area contributed by atoms with Crippen molar-refractivity contribution in [1.82, 2.24) is 9.55 Å². The fourth-order valence-electron chi connectivity index (χ4n) is 5.09. The number of hydrogen-bond acceptors (Lipinski definition) is 4. The second-order valence-electron chi connectivity index (χ2n) is 10.6. The van der Waals surface area contributed by atoms with Crippen molar-refractivity contribution in [2.24, 2.45) is 7.05 Å². The molecule has 7 heteroatoms. The van der Waals surface area contributed by atoms with Gasteiger partial charge in [0.15, 0.2) is 0 Å². The molecule has 0 bridgehead atoms. The largest absolute Gasteiger partial charge is 0.466 e. The van der Waals surface area contributed by atoms with Crippen LogP contribution in [0.1, 0.15) is 123 Å². The molecule has 0 radical (unpaired) electrons. The second-order valence-corrected chi connectivity index (χ2v) is 11.9. The molecule has 38 heavy (non-hydrogen) atoms. The molecule has 0 saturated carbocycles. The Labute approximate surface area is 241 Å². The van der Waals surface area contributed by atoms with Gasteiger partial charge >= 0.3 is 5.97 Å². The molecular formula is C31H51Cl2N3O2. The Morgan fingerprint density at radius 1 is 0.895 bits per heavy atom. The van der Waals surface area contributed by atoms with E-state index in [1.807, 2.05) is 37.9 Å². The number of ether oxygens (including phenoxy) is 1. The van der Waals surface area contributed by atoms with E-state index < -0.39 is 0 Å². The second kappa shape index (κ2) is 18.8. The number of carbonyl (C=O) groups excluding carboxylic acids is 1. The van der Waals surface area contributed by atoms with Crippen LogP contribution in [0, 0.1) is 0 Å². The molecule has 0 spiro atoms. The number of aromatic nitrogens is 2. The van der Waals surface area contributed by atoms with E-state index in [1.54, 1.807) is 0 Å².